The fourth-order valence-corrected chi connectivity index (χ4v) is 3.28. The van der Waals surface area contributed by atoms with Crippen molar-refractivity contribution in [1.82, 2.24) is 10.2 Å². The van der Waals surface area contributed by atoms with Crippen LogP contribution in [0.25, 0.3) is 0 Å². The summed E-state index contributed by atoms with van der Waals surface area (Å²) in [5.41, 5.74) is 1.23. The van der Waals surface area contributed by atoms with Crippen LogP contribution in [0.3, 0.4) is 0 Å². The number of hydrogen-bond acceptors (Lipinski definition) is 7. The number of aromatic nitrogens is 2. The first-order valence-corrected chi connectivity index (χ1v) is 7.81. The summed E-state index contributed by atoms with van der Waals surface area (Å²) in [5.74, 6) is -0.120. The van der Waals surface area contributed by atoms with Gasteiger partial charge in [-0.05, 0) is 31.2 Å². The summed E-state index contributed by atoms with van der Waals surface area (Å²) >= 11 is 2.76. The Morgan fingerprint density at radius 1 is 1.38 bits per heavy atom. The molecule has 1 atom stereocenters. The van der Waals surface area contributed by atoms with E-state index in [1.807, 2.05) is 13.0 Å². The van der Waals surface area contributed by atoms with Crippen LogP contribution in [-0.2, 0) is 4.79 Å². The molecule has 1 aromatic carbocycles. The van der Waals surface area contributed by atoms with E-state index in [4.69, 9.17) is 5.26 Å². The minimum Gasteiger partial charge on any atom is -0.363 e. The fourth-order valence-electron chi connectivity index (χ4n) is 1.44. The summed E-state index contributed by atoms with van der Waals surface area (Å²) < 4.78 is 0.738. The summed E-state index contributed by atoms with van der Waals surface area (Å²) in [6, 6.07) is 8.77. The maximum atomic E-state index is 12.1. The molecule has 0 aliphatic carbocycles. The molecule has 108 valence electrons. The van der Waals surface area contributed by atoms with Crippen LogP contribution in [0.2, 0.25) is 0 Å². The number of rotatable bonds is 5. The third-order valence-corrected chi connectivity index (χ3v) is 4.67. The molecule has 0 fully saturated rings. The lowest BCUT2D eigenvalue weighted by atomic mass is 10.2. The lowest BCUT2D eigenvalue weighted by Crippen LogP contribution is -2.22. The second-order valence-electron chi connectivity index (χ2n) is 4.06. The second-order valence-corrected chi connectivity index (χ2v) is 6.63. The van der Waals surface area contributed by atoms with Crippen LogP contribution in [0.5, 0.6) is 0 Å². The Kier molecular flexibility index (Phi) is 5.14. The van der Waals surface area contributed by atoms with E-state index < -0.39 is 0 Å². The van der Waals surface area contributed by atoms with Gasteiger partial charge in [0.25, 0.3) is 0 Å². The summed E-state index contributed by atoms with van der Waals surface area (Å²) in [6.07, 6.45) is 0. The molecule has 0 saturated carbocycles. The zero-order chi connectivity index (χ0) is 15.2. The molecule has 2 N–H and O–H groups in total. The summed E-state index contributed by atoms with van der Waals surface area (Å²) in [5, 5.41) is 22.8. The van der Waals surface area contributed by atoms with E-state index in [1.165, 1.54) is 23.1 Å². The van der Waals surface area contributed by atoms with Crippen LogP contribution in [0.1, 0.15) is 12.5 Å². The van der Waals surface area contributed by atoms with Gasteiger partial charge >= 0.3 is 0 Å². The molecule has 2 rings (SSSR count). The Bertz CT molecular complexity index is 662. The second kappa shape index (κ2) is 7.06. The number of nitrogens with one attached hydrogen (secondary N) is 2. The van der Waals surface area contributed by atoms with Crippen molar-refractivity contribution in [3.63, 3.8) is 0 Å². The van der Waals surface area contributed by atoms with Crippen molar-refractivity contribution in [3.05, 3.63) is 29.8 Å². The quantitative estimate of drug-likeness (QED) is 0.823. The SMILES string of the molecule is CNc1nnc(S[C@@H](C)C(=O)Nc2ccc(C#N)cc2)s1. The molecule has 0 bridgehead atoms. The molecule has 21 heavy (non-hydrogen) atoms. The minimum absolute atomic E-state index is 0.120. The molecule has 1 heterocycles. The third kappa shape index (κ3) is 4.18. The smallest absolute Gasteiger partial charge is 0.237 e. The van der Waals surface area contributed by atoms with Crippen LogP contribution in [0.15, 0.2) is 28.6 Å². The maximum absolute atomic E-state index is 12.1. The molecule has 2 aromatic rings. The number of anilines is 2. The number of hydrogen-bond donors (Lipinski definition) is 2. The number of benzene rings is 1. The Hall–Kier alpha value is -2.11. The number of amides is 1. The normalized spacial score (nSPS) is 11.5. The van der Waals surface area contributed by atoms with E-state index in [2.05, 4.69) is 20.8 Å². The standard InChI is InChI=1S/C13H13N5OS2/c1-8(20-13-18-17-12(15-2)21-13)11(19)16-10-5-3-9(7-14)4-6-10/h3-6,8H,1-2H3,(H,15,17)(H,16,19)/t8-/m0/s1. The number of nitriles is 1. The Morgan fingerprint density at radius 3 is 2.67 bits per heavy atom. The molecular weight excluding hydrogens is 306 g/mol. The van der Waals surface area contributed by atoms with Gasteiger partial charge in [-0.2, -0.15) is 5.26 Å². The Labute approximate surface area is 130 Å². The van der Waals surface area contributed by atoms with Gasteiger partial charge in [0.2, 0.25) is 11.0 Å². The highest BCUT2D eigenvalue weighted by Gasteiger charge is 2.17. The highest BCUT2D eigenvalue weighted by Crippen LogP contribution is 2.29. The summed E-state index contributed by atoms with van der Waals surface area (Å²) in [6.45, 7) is 1.81. The van der Waals surface area contributed by atoms with Crippen LogP contribution in [-0.4, -0.2) is 28.4 Å². The van der Waals surface area contributed by atoms with Gasteiger partial charge in [-0.1, -0.05) is 23.1 Å². The zero-order valence-electron chi connectivity index (χ0n) is 11.5. The van der Waals surface area contributed by atoms with E-state index >= 15 is 0 Å². The van der Waals surface area contributed by atoms with Gasteiger partial charge < -0.3 is 10.6 Å². The largest absolute Gasteiger partial charge is 0.363 e. The first-order chi connectivity index (χ1) is 10.1. The molecule has 0 unspecified atom stereocenters. The van der Waals surface area contributed by atoms with Crippen molar-refractivity contribution in [1.29, 1.82) is 5.26 Å². The number of carbonyl (C=O) groups is 1. The lowest BCUT2D eigenvalue weighted by Gasteiger charge is -2.10. The van der Waals surface area contributed by atoms with Crippen molar-refractivity contribution in [3.8, 4) is 6.07 Å². The fraction of sp³-hybridized carbons (Fsp3) is 0.231. The molecule has 8 heteroatoms. The first-order valence-electron chi connectivity index (χ1n) is 6.11. The third-order valence-electron chi connectivity index (χ3n) is 2.55. The molecule has 1 amide bonds. The van der Waals surface area contributed by atoms with E-state index in [9.17, 15) is 4.79 Å². The van der Waals surface area contributed by atoms with Gasteiger partial charge in [0.15, 0.2) is 4.34 Å². The van der Waals surface area contributed by atoms with Gasteiger partial charge in [0.1, 0.15) is 0 Å². The molecule has 0 aliphatic rings. The summed E-state index contributed by atoms with van der Waals surface area (Å²) in [4.78, 5) is 12.1. The van der Waals surface area contributed by atoms with E-state index in [1.54, 1.807) is 31.3 Å². The Morgan fingerprint density at radius 2 is 2.10 bits per heavy atom. The van der Waals surface area contributed by atoms with Crippen LogP contribution in [0.4, 0.5) is 10.8 Å². The average molecular weight is 319 g/mol. The minimum atomic E-state index is -0.293. The monoisotopic (exact) mass is 319 g/mol. The van der Waals surface area contributed by atoms with Gasteiger partial charge in [0, 0.05) is 12.7 Å². The van der Waals surface area contributed by atoms with E-state index in [-0.39, 0.29) is 11.2 Å². The van der Waals surface area contributed by atoms with Gasteiger partial charge in [-0.15, -0.1) is 10.2 Å². The molecule has 0 saturated heterocycles. The number of thioether (sulfide) groups is 1. The number of nitrogens with zero attached hydrogens (tertiary/aromatic N) is 3. The number of carbonyl (C=O) groups excluding carboxylic acids is 1. The topological polar surface area (TPSA) is 90.7 Å². The van der Waals surface area contributed by atoms with Gasteiger partial charge in [-0.3, -0.25) is 4.79 Å². The molecule has 0 spiro atoms. The molecule has 6 nitrogen and oxygen atoms in total. The van der Waals surface area contributed by atoms with Crippen LogP contribution in [0, 0.1) is 11.3 Å². The van der Waals surface area contributed by atoms with Crippen LogP contribution < -0.4 is 10.6 Å². The van der Waals surface area contributed by atoms with Crippen molar-refractivity contribution >= 4 is 39.8 Å². The first kappa shape index (κ1) is 15.3. The Balaban J connectivity index is 1.94. The zero-order valence-corrected chi connectivity index (χ0v) is 13.1. The average Bonchev–Trinajstić information content (AvgIpc) is 2.95. The van der Waals surface area contributed by atoms with Crippen molar-refractivity contribution in [2.45, 2.75) is 16.5 Å². The molecule has 0 aliphatic heterocycles. The van der Waals surface area contributed by atoms with Gasteiger partial charge in [-0.25, -0.2) is 0 Å². The van der Waals surface area contributed by atoms with Crippen molar-refractivity contribution in [2.75, 3.05) is 17.7 Å². The van der Waals surface area contributed by atoms with Crippen molar-refractivity contribution < 1.29 is 4.79 Å². The highest BCUT2D eigenvalue weighted by molar-refractivity contribution is 8.02. The van der Waals surface area contributed by atoms with E-state index in [0.29, 0.717) is 11.3 Å². The van der Waals surface area contributed by atoms with Crippen molar-refractivity contribution in [2.24, 2.45) is 0 Å². The maximum Gasteiger partial charge on any atom is 0.237 e. The predicted octanol–water partition coefficient (Wildman–Crippen LogP) is 2.57. The lowest BCUT2D eigenvalue weighted by molar-refractivity contribution is -0.115. The predicted molar refractivity (Wildman–Crippen MR) is 84.6 cm³/mol. The molecule has 0 radical (unpaired) electrons. The van der Waals surface area contributed by atoms with Gasteiger partial charge in [0.05, 0.1) is 16.9 Å². The summed E-state index contributed by atoms with van der Waals surface area (Å²) in [7, 11) is 1.77. The van der Waals surface area contributed by atoms with E-state index in [0.717, 1.165) is 9.47 Å². The van der Waals surface area contributed by atoms with Crippen LogP contribution >= 0.6 is 23.1 Å². The highest BCUT2D eigenvalue weighted by atomic mass is 32.2. The molecular formula is C13H13N5OS2. The molecule has 1 aromatic heterocycles.